The highest BCUT2D eigenvalue weighted by Crippen LogP contribution is 2.17. The molecular weight excluding hydrogens is 280 g/mol. The van der Waals surface area contributed by atoms with Crippen molar-refractivity contribution in [3.05, 3.63) is 48.5 Å². The molecule has 22 heavy (non-hydrogen) atoms. The molecule has 0 aliphatic heterocycles. The molecule has 0 unspecified atom stereocenters. The van der Waals surface area contributed by atoms with Gasteiger partial charge in [0.2, 0.25) is 0 Å². The number of hydrogen-bond acceptors (Lipinski definition) is 3. The summed E-state index contributed by atoms with van der Waals surface area (Å²) in [6, 6.07) is 14.1. The Morgan fingerprint density at radius 3 is 1.45 bits per heavy atom. The Kier molecular flexibility index (Phi) is 5.65. The molecule has 0 fully saturated rings. The van der Waals surface area contributed by atoms with Gasteiger partial charge in [0.15, 0.2) is 0 Å². The van der Waals surface area contributed by atoms with E-state index in [4.69, 9.17) is 9.47 Å². The number of ether oxygens (including phenoxy) is 2. The number of amides is 2. The van der Waals surface area contributed by atoms with E-state index >= 15 is 0 Å². The number of nitrogens with one attached hydrogen (secondary N) is 2. The number of benzene rings is 2. The molecule has 0 spiro atoms. The third kappa shape index (κ3) is 4.70. The van der Waals surface area contributed by atoms with Crippen molar-refractivity contribution in [2.75, 3.05) is 23.8 Å². The molecule has 0 radical (unpaired) electrons. The molecule has 0 aliphatic carbocycles. The number of urea groups is 1. The molecule has 2 amide bonds. The fraction of sp³-hybridized carbons (Fsp3) is 0.235. The molecule has 116 valence electrons. The summed E-state index contributed by atoms with van der Waals surface area (Å²) in [4.78, 5) is 11.9. The van der Waals surface area contributed by atoms with Gasteiger partial charge in [-0.15, -0.1) is 0 Å². The summed E-state index contributed by atoms with van der Waals surface area (Å²) in [5.74, 6) is 1.56. The SMILES string of the molecule is CCOc1ccc(NC(=O)Nc2ccc(OCC)cc2)cc1. The van der Waals surface area contributed by atoms with Crippen molar-refractivity contribution in [2.45, 2.75) is 13.8 Å². The Morgan fingerprint density at radius 1 is 0.773 bits per heavy atom. The predicted octanol–water partition coefficient (Wildman–Crippen LogP) is 4.13. The van der Waals surface area contributed by atoms with Crippen molar-refractivity contribution in [3.8, 4) is 11.5 Å². The minimum atomic E-state index is -0.298. The van der Waals surface area contributed by atoms with E-state index in [-0.39, 0.29) is 6.03 Å². The molecular formula is C17H20N2O3. The van der Waals surface area contributed by atoms with Crippen LogP contribution in [0.2, 0.25) is 0 Å². The molecule has 0 aliphatic rings. The first-order chi connectivity index (χ1) is 10.7. The maximum atomic E-state index is 11.9. The van der Waals surface area contributed by atoms with Crippen LogP contribution in [0, 0.1) is 0 Å². The summed E-state index contributed by atoms with van der Waals surface area (Å²) in [6.07, 6.45) is 0. The molecule has 0 heterocycles. The van der Waals surface area contributed by atoms with Gasteiger partial charge in [0.1, 0.15) is 11.5 Å². The molecule has 2 N–H and O–H groups in total. The van der Waals surface area contributed by atoms with Crippen molar-refractivity contribution in [2.24, 2.45) is 0 Å². The van der Waals surface area contributed by atoms with Gasteiger partial charge in [0, 0.05) is 11.4 Å². The Morgan fingerprint density at radius 2 is 1.14 bits per heavy atom. The zero-order valence-electron chi connectivity index (χ0n) is 12.8. The standard InChI is InChI=1S/C17H20N2O3/c1-3-21-15-9-5-13(6-10-15)18-17(20)19-14-7-11-16(12-8-14)22-4-2/h5-12H,3-4H2,1-2H3,(H2,18,19,20). The summed E-state index contributed by atoms with van der Waals surface area (Å²) in [7, 11) is 0. The molecule has 0 aromatic heterocycles. The molecule has 2 aromatic rings. The average Bonchev–Trinajstić information content (AvgIpc) is 2.52. The first-order valence-electron chi connectivity index (χ1n) is 7.25. The molecule has 2 rings (SSSR count). The maximum absolute atomic E-state index is 11.9. The maximum Gasteiger partial charge on any atom is 0.323 e. The van der Waals surface area contributed by atoms with Crippen LogP contribution in [0.25, 0.3) is 0 Å². The van der Waals surface area contributed by atoms with Crippen LogP contribution in [0.3, 0.4) is 0 Å². The molecule has 2 aromatic carbocycles. The molecule has 0 bridgehead atoms. The lowest BCUT2D eigenvalue weighted by Gasteiger charge is -2.09. The van der Waals surface area contributed by atoms with Gasteiger partial charge in [-0.25, -0.2) is 4.79 Å². The van der Waals surface area contributed by atoms with Crippen LogP contribution >= 0.6 is 0 Å². The van der Waals surface area contributed by atoms with Crippen molar-refractivity contribution < 1.29 is 14.3 Å². The van der Waals surface area contributed by atoms with Gasteiger partial charge in [-0.1, -0.05) is 0 Å². The number of carbonyl (C=O) groups excluding carboxylic acids is 1. The van der Waals surface area contributed by atoms with Crippen molar-refractivity contribution in [1.82, 2.24) is 0 Å². The highest BCUT2D eigenvalue weighted by molar-refractivity contribution is 5.99. The molecule has 0 saturated carbocycles. The van der Waals surface area contributed by atoms with Crippen LogP contribution in [-0.2, 0) is 0 Å². The summed E-state index contributed by atoms with van der Waals surface area (Å²) in [5.41, 5.74) is 1.40. The van der Waals surface area contributed by atoms with E-state index in [1.165, 1.54) is 0 Å². The second-order valence-corrected chi connectivity index (χ2v) is 4.49. The molecule has 5 heteroatoms. The van der Waals surface area contributed by atoms with Crippen LogP contribution in [-0.4, -0.2) is 19.2 Å². The Labute approximate surface area is 130 Å². The van der Waals surface area contributed by atoms with Gasteiger partial charge in [0.05, 0.1) is 13.2 Å². The van der Waals surface area contributed by atoms with Crippen LogP contribution in [0.15, 0.2) is 48.5 Å². The smallest absolute Gasteiger partial charge is 0.323 e. The van der Waals surface area contributed by atoms with E-state index in [1.54, 1.807) is 24.3 Å². The fourth-order valence-corrected chi connectivity index (χ4v) is 1.90. The summed E-state index contributed by atoms with van der Waals surface area (Å²) in [5, 5.41) is 5.53. The van der Waals surface area contributed by atoms with Crippen LogP contribution in [0.4, 0.5) is 16.2 Å². The average molecular weight is 300 g/mol. The Balaban J connectivity index is 1.89. The lowest BCUT2D eigenvalue weighted by molar-refractivity contribution is 0.262. The first kappa shape index (κ1) is 15.7. The van der Waals surface area contributed by atoms with Gasteiger partial charge in [-0.05, 0) is 62.4 Å². The number of rotatable bonds is 6. The van der Waals surface area contributed by atoms with Gasteiger partial charge < -0.3 is 20.1 Å². The van der Waals surface area contributed by atoms with Crippen molar-refractivity contribution >= 4 is 17.4 Å². The Hall–Kier alpha value is -2.69. The predicted molar refractivity (Wildman–Crippen MR) is 87.9 cm³/mol. The summed E-state index contributed by atoms with van der Waals surface area (Å²) in [6.45, 7) is 5.09. The van der Waals surface area contributed by atoms with E-state index in [2.05, 4.69) is 10.6 Å². The molecule has 0 atom stereocenters. The van der Waals surface area contributed by atoms with Gasteiger partial charge in [-0.2, -0.15) is 0 Å². The van der Waals surface area contributed by atoms with E-state index in [0.29, 0.717) is 24.6 Å². The van der Waals surface area contributed by atoms with E-state index in [0.717, 1.165) is 11.5 Å². The van der Waals surface area contributed by atoms with Crippen LogP contribution in [0.1, 0.15) is 13.8 Å². The summed E-state index contributed by atoms with van der Waals surface area (Å²) < 4.78 is 10.7. The number of anilines is 2. The largest absolute Gasteiger partial charge is 0.494 e. The minimum Gasteiger partial charge on any atom is -0.494 e. The number of hydrogen-bond donors (Lipinski definition) is 2. The second-order valence-electron chi connectivity index (χ2n) is 4.49. The van der Waals surface area contributed by atoms with Gasteiger partial charge in [-0.3, -0.25) is 0 Å². The zero-order chi connectivity index (χ0) is 15.8. The topological polar surface area (TPSA) is 59.6 Å². The van der Waals surface area contributed by atoms with Crippen molar-refractivity contribution in [3.63, 3.8) is 0 Å². The Bertz CT molecular complexity index is 541. The molecule has 0 saturated heterocycles. The van der Waals surface area contributed by atoms with Gasteiger partial charge >= 0.3 is 6.03 Å². The summed E-state index contributed by atoms with van der Waals surface area (Å²) >= 11 is 0. The first-order valence-corrected chi connectivity index (χ1v) is 7.25. The monoisotopic (exact) mass is 300 g/mol. The number of carbonyl (C=O) groups is 1. The van der Waals surface area contributed by atoms with E-state index in [1.807, 2.05) is 38.1 Å². The van der Waals surface area contributed by atoms with E-state index < -0.39 is 0 Å². The van der Waals surface area contributed by atoms with Gasteiger partial charge in [0.25, 0.3) is 0 Å². The lowest BCUT2D eigenvalue weighted by atomic mass is 10.3. The highest BCUT2D eigenvalue weighted by Gasteiger charge is 2.03. The van der Waals surface area contributed by atoms with Crippen LogP contribution in [0.5, 0.6) is 11.5 Å². The van der Waals surface area contributed by atoms with Crippen molar-refractivity contribution in [1.29, 1.82) is 0 Å². The quantitative estimate of drug-likeness (QED) is 0.843. The van der Waals surface area contributed by atoms with Crippen LogP contribution < -0.4 is 20.1 Å². The minimum absolute atomic E-state index is 0.298. The fourth-order valence-electron chi connectivity index (χ4n) is 1.90. The van der Waals surface area contributed by atoms with E-state index in [9.17, 15) is 4.79 Å². The third-order valence-electron chi connectivity index (χ3n) is 2.85. The zero-order valence-corrected chi connectivity index (χ0v) is 12.8. The highest BCUT2D eigenvalue weighted by atomic mass is 16.5. The normalized spacial score (nSPS) is 9.91. The molecule has 5 nitrogen and oxygen atoms in total. The third-order valence-corrected chi connectivity index (χ3v) is 2.85. The second kappa shape index (κ2) is 7.93. The lowest BCUT2D eigenvalue weighted by Crippen LogP contribution is -2.19.